The van der Waals surface area contributed by atoms with Crippen LogP contribution in [-0.2, 0) is 17.8 Å². The minimum atomic E-state index is -1.10. The Hall–Kier alpha value is -0.750. The minimum absolute atomic E-state index is 0.0195. The van der Waals surface area contributed by atoms with Crippen molar-refractivity contribution in [3.05, 3.63) is 34.9 Å². The number of nitrogens with zero attached hydrogens (tertiary/aromatic N) is 2. The predicted molar refractivity (Wildman–Crippen MR) is 82.3 cm³/mol. The van der Waals surface area contributed by atoms with Crippen molar-refractivity contribution in [3.63, 3.8) is 0 Å². The third kappa shape index (κ3) is 2.33. The highest BCUT2D eigenvalue weighted by Gasteiger charge is 2.33. The van der Waals surface area contributed by atoms with Crippen molar-refractivity contribution in [2.24, 2.45) is 0 Å². The van der Waals surface area contributed by atoms with Crippen LogP contribution in [0.5, 0.6) is 0 Å². The van der Waals surface area contributed by atoms with E-state index in [2.05, 4.69) is 9.71 Å². The van der Waals surface area contributed by atoms with Crippen LogP contribution in [0.1, 0.15) is 44.5 Å². The van der Waals surface area contributed by atoms with Crippen molar-refractivity contribution >= 4 is 28.5 Å². The first-order valence-electron chi connectivity index (χ1n) is 6.70. The van der Waals surface area contributed by atoms with E-state index in [0.29, 0.717) is 0 Å². The van der Waals surface area contributed by atoms with Crippen molar-refractivity contribution in [2.75, 3.05) is 0 Å². The molecular formula is C14H18ClN3OS. The number of hydrogen-bond acceptors (Lipinski definition) is 3. The molecule has 2 heterocycles. The first kappa shape index (κ1) is 14.2. The summed E-state index contributed by atoms with van der Waals surface area (Å²) in [6.45, 7) is 5.89. The maximum absolute atomic E-state index is 12.3. The Morgan fingerprint density at radius 2 is 2.25 bits per heavy atom. The van der Waals surface area contributed by atoms with Gasteiger partial charge >= 0.3 is 0 Å². The standard InChI is InChI=1S/C14H18ClN3OS/c1-14(2,3)20(19)17-11-5-4-9-10(15)6-7-18-8-16-12(11)13(9)18/h6-8,11,17H,4-5H2,1-3H3/t11-,20?/m1/s1. The Labute approximate surface area is 126 Å². The summed E-state index contributed by atoms with van der Waals surface area (Å²) >= 11 is 5.17. The van der Waals surface area contributed by atoms with Gasteiger partial charge in [-0.15, -0.1) is 4.72 Å². The third-order valence-electron chi connectivity index (χ3n) is 3.60. The Kier molecular flexibility index (Phi) is 3.49. The van der Waals surface area contributed by atoms with E-state index in [9.17, 15) is 4.55 Å². The molecule has 0 radical (unpaired) electrons. The lowest BCUT2D eigenvalue weighted by atomic mass is 9.95. The van der Waals surface area contributed by atoms with Gasteiger partial charge in [-0.05, 0) is 45.2 Å². The molecule has 20 heavy (non-hydrogen) atoms. The van der Waals surface area contributed by atoms with E-state index >= 15 is 0 Å². The van der Waals surface area contributed by atoms with Gasteiger partial charge in [0, 0.05) is 22.6 Å². The molecule has 1 aliphatic rings. The van der Waals surface area contributed by atoms with E-state index in [1.807, 2.05) is 37.4 Å². The van der Waals surface area contributed by atoms with Gasteiger partial charge in [-0.3, -0.25) is 0 Å². The average molecular weight is 312 g/mol. The highest BCUT2D eigenvalue weighted by Crippen LogP contribution is 2.35. The molecule has 0 bridgehead atoms. The van der Waals surface area contributed by atoms with Gasteiger partial charge in [0.05, 0.1) is 23.6 Å². The Bertz CT molecular complexity index is 650. The zero-order valence-electron chi connectivity index (χ0n) is 11.8. The van der Waals surface area contributed by atoms with Crippen molar-refractivity contribution in [3.8, 4) is 0 Å². The van der Waals surface area contributed by atoms with Gasteiger partial charge in [0.1, 0.15) is 4.75 Å². The lowest BCUT2D eigenvalue weighted by Crippen LogP contribution is -2.42. The highest BCUT2D eigenvalue weighted by molar-refractivity contribution is 7.90. The van der Waals surface area contributed by atoms with Crippen LogP contribution in [0.3, 0.4) is 0 Å². The lowest BCUT2D eigenvalue weighted by molar-refractivity contribution is 0.505. The van der Waals surface area contributed by atoms with Gasteiger partial charge in [0.15, 0.2) is 0 Å². The number of imidazole rings is 1. The fourth-order valence-electron chi connectivity index (χ4n) is 2.50. The quantitative estimate of drug-likeness (QED) is 0.867. The number of aromatic nitrogens is 2. The number of hydrogen-bond donors (Lipinski definition) is 1. The van der Waals surface area contributed by atoms with Crippen LogP contribution in [0.2, 0.25) is 5.02 Å². The third-order valence-corrected chi connectivity index (χ3v) is 5.56. The van der Waals surface area contributed by atoms with Crippen molar-refractivity contribution in [1.29, 1.82) is 0 Å². The SMILES string of the molecule is CC(C)(C)[S+]([O-])N[C@@H]1CCc2c(Cl)ccn3cnc1c23. The molecule has 0 amide bonds. The van der Waals surface area contributed by atoms with E-state index in [0.717, 1.165) is 34.6 Å². The summed E-state index contributed by atoms with van der Waals surface area (Å²) < 4.78 is 17.2. The predicted octanol–water partition coefficient (Wildman–Crippen LogP) is 3.03. The average Bonchev–Trinajstić information content (AvgIpc) is 2.80. The molecule has 6 heteroatoms. The van der Waals surface area contributed by atoms with Crippen molar-refractivity contribution < 1.29 is 4.55 Å². The minimum Gasteiger partial charge on any atom is -0.598 e. The van der Waals surface area contributed by atoms with Crippen LogP contribution in [0.25, 0.3) is 5.52 Å². The molecule has 0 saturated carbocycles. The number of halogens is 1. The van der Waals surface area contributed by atoms with Gasteiger partial charge in [0.25, 0.3) is 0 Å². The molecule has 0 saturated heterocycles. The summed E-state index contributed by atoms with van der Waals surface area (Å²) in [5, 5.41) is 0.787. The van der Waals surface area contributed by atoms with Gasteiger partial charge in [-0.2, -0.15) is 0 Å². The van der Waals surface area contributed by atoms with Crippen LogP contribution in [0.15, 0.2) is 18.6 Å². The molecule has 3 rings (SSSR count). The molecule has 0 spiro atoms. The van der Waals surface area contributed by atoms with E-state index in [1.165, 1.54) is 0 Å². The summed E-state index contributed by atoms with van der Waals surface area (Å²) in [4.78, 5) is 4.49. The summed E-state index contributed by atoms with van der Waals surface area (Å²) in [7, 11) is 0. The Morgan fingerprint density at radius 3 is 2.95 bits per heavy atom. The molecule has 1 N–H and O–H groups in total. The van der Waals surface area contributed by atoms with E-state index in [4.69, 9.17) is 11.6 Å². The summed E-state index contributed by atoms with van der Waals surface area (Å²) in [6, 6.07) is 1.92. The van der Waals surface area contributed by atoms with Crippen molar-refractivity contribution in [1.82, 2.24) is 14.1 Å². The van der Waals surface area contributed by atoms with Crippen LogP contribution in [0.4, 0.5) is 0 Å². The zero-order valence-corrected chi connectivity index (χ0v) is 13.4. The van der Waals surface area contributed by atoms with Crippen molar-refractivity contribution in [2.45, 2.75) is 44.4 Å². The smallest absolute Gasteiger partial charge is 0.136 e. The van der Waals surface area contributed by atoms with Crippen LogP contribution < -0.4 is 4.72 Å². The monoisotopic (exact) mass is 311 g/mol. The zero-order chi connectivity index (χ0) is 14.5. The maximum Gasteiger partial charge on any atom is 0.136 e. The molecule has 108 valence electrons. The molecule has 2 aromatic heterocycles. The lowest BCUT2D eigenvalue weighted by Gasteiger charge is -2.29. The fourth-order valence-corrected chi connectivity index (χ4v) is 3.58. The van der Waals surface area contributed by atoms with E-state index in [-0.39, 0.29) is 10.8 Å². The summed E-state index contributed by atoms with van der Waals surface area (Å²) in [5.41, 5.74) is 3.15. The summed E-state index contributed by atoms with van der Waals surface area (Å²) in [6.07, 6.45) is 5.46. The number of pyridine rings is 1. The molecule has 2 atom stereocenters. The normalized spacial score (nSPS) is 20.4. The molecule has 4 nitrogen and oxygen atoms in total. The first-order valence-corrected chi connectivity index (χ1v) is 8.22. The second-order valence-electron chi connectivity index (χ2n) is 6.12. The fraction of sp³-hybridized carbons (Fsp3) is 0.500. The molecule has 1 unspecified atom stereocenters. The Balaban J connectivity index is 1.98. The Morgan fingerprint density at radius 1 is 1.50 bits per heavy atom. The molecular weight excluding hydrogens is 294 g/mol. The molecule has 2 aromatic rings. The van der Waals surface area contributed by atoms with Gasteiger partial charge in [-0.25, -0.2) is 4.98 Å². The van der Waals surface area contributed by atoms with Crippen LogP contribution >= 0.6 is 11.6 Å². The maximum atomic E-state index is 12.3. The van der Waals surface area contributed by atoms with Gasteiger partial charge < -0.3 is 8.95 Å². The molecule has 1 aliphatic carbocycles. The van der Waals surface area contributed by atoms with Crippen LogP contribution in [-0.4, -0.2) is 18.7 Å². The van der Waals surface area contributed by atoms with Gasteiger partial charge in [-0.1, -0.05) is 11.6 Å². The largest absolute Gasteiger partial charge is 0.598 e. The van der Waals surface area contributed by atoms with E-state index < -0.39 is 11.4 Å². The van der Waals surface area contributed by atoms with E-state index in [1.54, 1.807) is 6.33 Å². The molecule has 0 fully saturated rings. The molecule has 0 aromatic carbocycles. The number of nitrogens with one attached hydrogen (secondary N) is 1. The van der Waals surface area contributed by atoms with Gasteiger partial charge in [0.2, 0.25) is 0 Å². The first-order chi connectivity index (χ1) is 9.38. The number of rotatable bonds is 2. The topological polar surface area (TPSA) is 52.4 Å². The second kappa shape index (κ2) is 4.91. The highest BCUT2D eigenvalue weighted by atomic mass is 35.5. The molecule has 0 aliphatic heterocycles. The van der Waals surface area contributed by atoms with Crippen LogP contribution in [0, 0.1) is 0 Å². The second-order valence-corrected chi connectivity index (χ2v) is 8.52. The summed E-state index contributed by atoms with van der Waals surface area (Å²) in [5.74, 6) is 0. The number of aryl methyl sites for hydroxylation is 1.